The predicted molar refractivity (Wildman–Crippen MR) is 259 cm³/mol. The molecule has 0 bridgehead atoms. The fourth-order valence-electron chi connectivity index (χ4n) is 8.56. The minimum atomic E-state index is 1.10. The summed E-state index contributed by atoms with van der Waals surface area (Å²) in [6.45, 7) is 0. The van der Waals surface area contributed by atoms with Gasteiger partial charge in [0.1, 0.15) is 0 Å². The van der Waals surface area contributed by atoms with Crippen molar-refractivity contribution < 1.29 is 0 Å². The molecule has 0 N–H and O–H groups in total. The molecule has 11 rings (SSSR count). The van der Waals surface area contributed by atoms with Crippen molar-refractivity contribution in [3.63, 3.8) is 0 Å². The summed E-state index contributed by atoms with van der Waals surface area (Å²) in [7, 11) is 0. The molecule has 0 saturated carbocycles. The summed E-state index contributed by atoms with van der Waals surface area (Å²) in [4.78, 5) is 2.36. The molecular formula is C58H39NS. The highest BCUT2D eigenvalue weighted by Gasteiger charge is 2.16. The van der Waals surface area contributed by atoms with Gasteiger partial charge in [-0.15, -0.1) is 11.3 Å². The highest BCUT2D eigenvalue weighted by Crippen LogP contribution is 2.42. The molecule has 0 fully saturated rings. The predicted octanol–water partition coefficient (Wildman–Crippen LogP) is 17.0. The van der Waals surface area contributed by atoms with Crippen LogP contribution in [-0.4, -0.2) is 0 Å². The Bertz CT molecular complexity index is 3200. The van der Waals surface area contributed by atoms with Crippen LogP contribution in [0.5, 0.6) is 0 Å². The summed E-state index contributed by atoms with van der Waals surface area (Å²) in [6.07, 6.45) is 0. The van der Waals surface area contributed by atoms with Gasteiger partial charge in [-0.05, 0) is 133 Å². The standard InChI is InChI=1S/C58H39NS/c1-4-12-40(13-5-1)43-20-28-51(29-21-43)59(52-30-22-44(23-31-52)47-27-35-57-56(39-47)55-34-26-46-18-10-11-19-54(46)58(55)60-57)53-32-24-45(25-33-53)50-37-48(41-14-6-2-7-15-41)36-49(38-50)42-16-8-3-9-17-42/h1-39H. The van der Waals surface area contributed by atoms with Crippen molar-refractivity contribution in [3.05, 3.63) is 237 Å². The maximum atomic E-state index is 2.37. The first-order valence-corrected chi connectivity index (χ1v) is 21.3. The van der Waals surface area contributed by atoms with Gasteiger partial charge in [-0.25, -0.2) is 0 Å². The number of hydrogen-bond donors (Lipinski definition) is 0. The van der Waals surface area contributed by atoms with E-state index in [4.69, 9.17) is 0 Å². The molecule has 60 heavy (non-hydrogen) atoms. The Hall–Kier alpha value is -7.52. The summed E-state index contributed by atoms with van der Waals surface area (Å²) in [5, 5.41) is 5.25. The van der Waals surface area contributed by atoms with E-state index in [-0.39, 0.29) is 0 Å². The lowest BCUT2D eigenvalue weighted by molar-refractivity contribution is 1.28. The first-order chi connectivity index (χ1) is 29.7. The lowest BCUT2D eigenvalue weighted by atomic mass is 9.93. The van der Waals surface area contributed by atoms with E-state index in [1.165, 1.54) is 86.6 Å². The average Bonchev–Trinajstić information content (AvgIpc) is 3.72. The fraction of sp³-hybridized carbons (Fsp3) is 0. The molecule has 1 aromatic heterocycles. The molecule has 0 atom stereocenters. The van der Waals surface area contributed by atoms with Crippen LogP contribution in [0.1, 0.15) is 0 Å². The largest absolute Gasteiger partial charge is 0.311 e. The molecule has 0 unspecified atom stereocenters. The number of thiophene rings is 1. The third kappa shape index (κ3) is 6.73. The zero-order valence-corrected chi connectivity index (χ0v) is 33.7. The molecular weight excluding hydrogens is 743 g/mol. The summed E-state index contributed by atoms with van der Waals surface area (Å²) in [5.74, 6) is 0. The lowest BCUT2D eigenvalue weighted by Crippen LogP contribution is -2.09. The minimum absolute atomic E-state index is 1.10. The van der Waals surface area contributed by atoms with E-state index in [0.717, 1.165) is 17.1 Å². The Kier molecular flexibility index (Phi) is 9.11. The van der Waals surface area contributed by atoms with Crippen LogP contribution in [0.2, 0.25) is 0 Å². The van der Waals surface area contributed by atoms with Crippen molar-refractivity contribution in [1.82, 2.24) is 0 Å². The fourth-order valence-corrected chi connectivity index (χ4v) is 9.78. The summed E-state index contributed by atoms with van der Waals surface area (Å²) in [6, 6.07) is 86.0. The van der Waals surface area contributed by atoms with E-state index in [1.807, 2.05) is 11.3 Å². The molecule has 0 spiro atoms. The number of anilines is 3. The molecule has 2 heteroatoms. The third-order valence-electron chi connectivity index (χ3n) is 11.7. The van der Waals surface area contributed by atoms with Crippen LogP contribution in [0, 0.1) is 0 Å². The Labute approximate surface area is 354 Å². The van der Waals surface area contributed by atoms with Crippen molar-refractivity contribution in [2.45, 2.75) is 0 Å². The first kappa shape index (κ1) is 35.6. The third-order valence-corrected chi connectivity index (χ3v) is 12.9. The molecule has 0 aliphatic carbocycles. The highest BCUT2D eigenvalue weighted by atomic mass is 32.1. The van der Waals surface area contributed by atoms with Crippen molar-refractivity contribution in [3.8, 4) is 55.6 Å². The van der Waals surface area contributed by atoms with Crippen molar-refractivity contribution in [2.75, 3.05) is 4.90 Å². The van der Waals surface area contributed by atoms with Gasteiger partial charge in [-0.2, -0.15) is 0 Å². The smallest absolute Gasteiger partial charge is 0.0462 e. The molecule has 0 aliphatic heterocycles. The summed E-state index contributed by atoms with van der Waals surface area (Å²) < 4.78 is 2.68. The lowest BCUT2D eigenvalue weighted by Gasteiger charge is -2.26. The normalized spacial score (nSPS) is 11.3. The quantitative estimate of drug-likeness (QED) is 0.148. The van der Waals surface area contributed by atoms with Crippen LogP contribution in [0.15, 0.2) is 237 Å². The van der Waals surface area contributed by atoms with E-state index in [1.54, 1.807) is 0 Å². The van der Waals surface area contributed by atoms with Gasteiger partial charge in [-0.1, -0.05) is 170 Å². The molecule has 0 radical (unpaired) electrons. The second-order valence-corrected chi connectivity index (χ2v) is 16.4. The van der Waals surface area contributed by atoms with Gasteiger partial charge in [0.15, 0.2) is 0 Å². The van der Waals surface area contributed by atoms with Gasteiger partial charge in [0.2, 0.25) is 0 Å². The number of hydrogen-bond acceptors (Lipinski definition) is 2. The SMILES string of the molecule is c1ccc(-c2ccc(N(c3ccc(-c4cc(-c5ccccc5)cc(-c5ccccc5)c4)cc3)c3ccc(-c4ccc5sc6c7ccccc7ccc6c5c4)cc3)cc2)cc1. The van der Waals surface area contributed by atoms with E-state index in [2.05, 4.69) is 241 Å². The monoisotopic (exact) mass is 781 g/mol. The second-order valence-electron chi connectivity index (χ2n) is 15.3. The molecule has 10 aromatic carbocycles. The van der Waals surface area contributed by atoms with Crippen molar-refractivity contribution in [1.29, 1.82) is 0 Å². The van der Waals surface area contributed by atoms with E-state index in [0.29, 0.717) is 0 Å². The van der Waals surface area contributed by atoms with Gasteiger partial charge in [0.05, 0.1) is 0 Å². The van der Waals surface area contributed by atoms with Crippen LogP contribution in [0.4, 0.5) is 17.1 Å². The van der Waals surface area contributed by atoms with Gasteiger partial charge >= 0.3 is 0 Å². The summed E-state index contributed by atoms with van der Waals surface area (Å²) >= 11 is 1.89. The van der Waals surface area contributed by atoms with Crippen LogP contribution >= 0.6 is 11.3 Å². The molecule has 0 saturated heterocycles. The van der Waals surface area contributed by atoms with Crippen LogP contribution in [-0.2, 0) is 0 Å². The Morgan fingerprint density at radius 3 is 1.17 bits per heavy atom. The second kappa shape index (κ2) is 15.3. The number of nitrogens with zero attached hydrogens (tertiary/aromatic N) is 1. The number of benzene rings is 10. The van der Waals surface area contributed by atoms with E-state index < -0.39 is 0 Å². The molecule has 0 aliphatic rings. The molecule has 0 amide bonds. The maximum absolute atomic E-state index is 2.37. The molecule has 1 heterocycles. The Morgan fingerprint density at radius 2 is 0.650 bits per heavy atom. The molecule has 11 aromatic rings. The van der Waals surface area contributed by atoms with Gasteiger partial charge in [0.25, 0.3) is 0 Å². The Balaban J connectivity index is 0.971. The first-order valence-electron chi connectivity index (χ1n) is 20.5. The van der Waals surface area contributed by atoms with Crippen molar-refractivity contribution in [2.24, 2.45) is 0 Å². The van der Waals surface area contributed by atoms with Crippen molar-refractivity contribution >= 4 is 59.3 Å². The summed E-state index contributed by atoms with van der Waals surface area (Å²) in [5.41, 5.74) is 15.3. The zero-order chi connectivity index (χ0) is 39.8. The zero-order valence-electron chi connectivity index (χ0n) is 32.9. The van der Waals surface area contributed by atoms with Crippen LogP contribution in [0.25, 0.3) is 86.6 Å². The van der Waals surface area contributed by atoms with Gasteiger partial charge in [-0.3, -0.25) is 0 Å². The topological polar surface area (TPSA) is 3.24 Å². The van der Waals surface area contributed by atoms with Gasteiger partial charge in [0, 0.05) is 37.2 Å². The van der Waals surface area contributed by atoms with Gasteiger partial charge < -0.3 is 4.90 Å². The highest BCUT2D eigenvalue weighted by molar-refractivity contribution is 7.26. The van der Waals surface area contributed by atoms with Crippen LogP contribution < -0.4 is 4.90 Å². The maximum Gasteiger partial charge on any atom is 0.0462 e. The Morgan fingerprint density at radius 1 is 0.250 bits per heavy atom. The molecule has 1 nitrogen and oxygen atoms in total. The minimum Gasteiger partial charge on any atom is -0.311 e. The van der Waals surface area contributed by atoms with E-state index >= 15 is 0 Å². The van der Waals surface area contributed by atoms with Crippen LogP contribution in [0.3, 0.4) is 0 Å². The average molecular weight is 782 g/mol. The number of rotatable bonds is 8. The number of fused-ring (bicyclic) bond motifs is 5. The van der Waals surface area contributed by atoms with E-state index in [9.17, 15) is 0 Å². The molecule has 282 valence electrons.